The van der Waals surface area contributed by atoms with E-state index < -0.39 is 5.97 Å². The van der Waals surface area contributed by atoms with E-state index in [0.29, 0.717) is 38.0 Å². The zero-order valence-electron chi connectivity index (χ0n) is 11.7. The third-order valence-corrected chi connectivity index (χ3v) is 3.75. The van der Waals surface area contributed by atoms with Crippen LogP contribution in [0.5, 0.6) is 0 Å². The maximum Gasteiger partial charge on any atom is 0.306 e. The number of benzene rings is 1. The van der Waals surface area contributed by atoms with Gasteiger partial charge in [0.15, 0.2) is 0 Å². The van der Waals surface area contributed by atoms with E-state index in [1.165, 1.54) is 6.07 Å². The molecule has 0 unspecified atom stereocenters. The number of likely N-dealkylation sites (tertiary alicyclic amines) is 1. The normalized spacial score (nSPS) is 16.0. The Hall–Kier alpha value is -1.95. The summed E-state index contributed by atoms with van der Waals surface area (Å²) in [6, 6.07) is 6.43. The van der Waals surface area contributed by atoms with Gasteiger partial charge < -0.3 is 15.3 Å². The molecule has 0 aromatic heterocycles. The average Bonchev–Trinajstić information content (AvgIpc) is 2.49. The van der Waals surface area contributed by atoms with Gasteiger partial charge in [-0.3, -0.25) is 9.59 Å². The predicted octanol–water partition coefficient (Wildman–Crippen LogP) is 1.24. The van der Waals surface area contributed by atoms with Gasteiger partial charge in [0.05, 0.1) is 12.5 Å². The zero-order valence-corrected chi connectivity index (χ0v) is 11.7. The first kappa shape index (κ1) is 15.4. The molecule has 6 heteroatoms. The number of carboxylic acid groups (broad SMARTS) is 1. The van der Waals surface area contributed by atoms with Crippen LogP contribution in [-0.2, 0) is 16.1 Å². The van der Waals surface area contributed by atoms with Crippen molar-refractivity contribution in [3.63, 3.8) is 0 Å². The molecule has 1 aromatic rings. The first-order valence-electron chi connectivity index (χ1n) is 7.02. The summed E-state index contributed by atoms with van der Waals surface area (Å²) < 4.78 is 13.4. The summed E-state index contributed by atoms with van der Waals surface area (Å²) in [6.07, 6.45) is 0.989. The molecule has 114 valence electrons. The molecule has 1 fully saturated rings. The smallest absolute Gasteiger partial charge is 0.306 e. The molecule has 5 nitrogen and oxygen atoms in total. The molecule has 0 spiro atoms. The van der Waals surface area contributed by atoms with Crippen molar-refractivity contribution in [2.24, 2.45) is 5.92 Å². The lowest BCUT2D eigenvalue weighted by molar-refractivity contribution is -0.145. The van der Waals surface area contributed by atoms with Gasteiger partial charge in [-0.2, -0.15) is 0 Å². The van der Waals surface area contributed by atoms with Gasteiger partial charge in [0, 0.05) is 25.2 Å². The summed E-state index contributed by atoms with van der Waals surface area (Å²) in [5.74, 6) is -1.50. The minimum atomic E-state index is -0.792. The van der Waals surface area contributed by atoms with Crippen molar-refractivity contribution in [3.8, 4) is 0 Å². The van der Waals surface area contributed by atoms with Gasteiger partial charge in [-0.15, -0.1) is 0 Å². The van der Waals surface area contributed by atoms with Crippen LogP contribution in [0.2, 0.25) is 0 Å². The fourth-order valence-electron chi connectivity index (χ4n) is 2.43. The van der Waals surface area contributed by atoms with Crippen LogP contribution in [0.4, 0.5) is 4.39 Å². The molecule has 0 saturated carbocycles. The SMILES string of the molecule is O=C(O)C1CCN(C(=O)CNCc2ccccc2F)CC1. The molecule has 0 radical (unpaired) electrons. The van der Waals surface area contributed by atoms with Crippen molar-refractivity contribution in [1.82, 2.24) is 10.2 Å². The van der Waals surface area contributed by atoms with Crippen LogP contribution in [0, 0.1) is 11.7 Å². The van der Waals surface area contributed by atoms with Crippen molar-refractivity contribution >= 4 is 11.9 Å². The summed E-state index contributed by atoms with van der Waals surface area (Å²) in [5, 5.41) is 11.8. The van der Waals surface area contributed by atoms with Crippen LogP contribution in [0.15, 0.2) is 24.3 Å². The molecule has 0 aliphatic carbocycles. The number of hydrogen-bond donors (Lipinski definition) is 2. The number of rotatable bonds is 5. The van der Waals surface area contributed by atoms with Gasteiger partial charge in [0.1, 0.15) is 5.82 Å². The van der Waals surface area contributed by atoms with Gasteiger partial charge >= 0.3 is 5.97 Å². The maximum atomic E-state index is 13.4. The summed E-state index contributed by atoms with van der Waals surface area (Å²) >= 11 is 0. The Kier molecular flexibility index (Phi) is 5.27. The van der Waals surface area contributed by atoms with E-state index in [1.54, 1.807) is 23.1 Å². The fraction of sp³-hybridized carbons (Fsp3) is 0.467. The number of amides is 1. The topological polar surface area (TPSA) is 69.6 Å². The predicted molar refractivity (Wildman–Crippen MR) is 75.0 cm³/mol. The van der Waals surface area contributed by atoms with E-state index in [2.05, 4.69) is 5.32 Å². The van der Waals surface area contributed by atoms with Crippen molar-refractivity contribution in [3.05, 3.63) is 35.6 Å². The molecular weight excluding hydrogens is 275 g/mol. The third kappa shape index (κ3) is 4.26. The molecule has 0 bridgehead atoms. The minimum absolute atomic E-state index is 0.0739. The fourth-order valence-corrected chi connectivity index (χ4v) is 2.43. The highest BCUT2D eigenvalue weighted by Gasteiger charge is 2.26. The van der Waals surface area contributed by atoms with Crippen molar-refractivity contribution < 1.29 is 19.1 Å². The Bertz CT molecular complexity index is 513. The average molecular weight is 294 g/mol. The molecule has 1 aromatic carbocycles. The van der Waals surface area contributed by atoms with Crippen molar-refractivity contribution in [2.45, 2.75) is 19.4 Å². The molecule has 1 amide bonds. The Morgan fingerprint density at radius 1 is 1.29 bits per heavy atom. The van der Waals surface area contributed by atoms with E-state index in [4.69, 9.17) is 5.11 Å². The molecule has 1 heterocycles. The van der Waals surface area contributed by atoms with Crippen molar-refractivity contribution in [1.29, 1.82) is 0 Å². The van der Waals surface area contributed by atoms with Gasteiger partial charge in [-0.05, 0) is 18.9 Å². The standard InChI is InChI=1S/C15H19FN2O3/c16-13-4-2-1-3-12(13)9-17-10-14(19)18-7-5-11(6-8-18)15(20)21/h1-4,11,17H,5-10H2,(H,20,21). The second-order valence-electron chi connectivity index (χ2n) is 5.19. The highest BCUT2D eigenvalue weighted by atomic mass is 19.1. The number of halogens is 1. The Morgan fingerprint density at radius 3 is 2.57 bits per heavy atom. The number of carbonyl (C=O) groups excluding carboxylic acids is 1. The van der Waals surface area contributed by atoms with Gasteiger partial charge in [-0.1, -0.05) is 18.2 Å². The third-order valence-electron chi connectivity index (χ3n) is 3.75. The van der Waals surface area contributed by atoms with E-state index in [-0.39, 0.29) is 24.2 Å². The molecule has 0 atom stereocenters. The van der Waals surface area contributed by atoms with E-state index in [9.17, 15) is 14.0 Å². The van der Waals surface area contributed by atoms with Crippen LogP contribution in [-0.4, -0.2) is 41.5 Å². The number of carbonyl (C=O) groups is 2. The number of carboxylic acids is 1. The molecule has 1 aliphatic rings. The molecular formula is C15H19FN2O3. The molecule has 21 heavy (non-hydrogen) atoms. The summed E-state index contributed by atoms with van der Waals surface area (Å²) in [5.41, 5.74) is 0.523. The number of aliphatic carboxylic acids is 1. The Labute approximate surface area is 122 Å². The van der Waals surface area contributed by atoms with Crippen LogP contribution in [0.3, 0.4) is 0 Å². The first-order valence-corrected chi connectivity index (χ1v) is 7.02. The van der Waals surface area contributed by atoms with Crippen molar-refractivity contribution in [2.75, 3.05) is 19.6 Å². The van der Waals surface area contributed by atoms with Crippen LogP contribution < -0.4 is 5.32 Å². The first-order chi connectivity index (χ1) is 10.1. The number of nitrogens with one attached hydrogen (secondary N) is 1. The number of nitrogens with zero attached hydrogens (tertiary/aromatic N) is 1. The van der Waals surface area contributed by atoms with Crippen LogP contribution >= 0.6 is 0 Å². The van der Waals surface area contributed by atoms with Gasteiger partial charge in [0.25, 0.3) is 0 Å². The lowest BCUT2D eigenvalue weighted by Gasteiger charge is -2.30. The Morgan fingerprint density at radius 2 is 1.95 bits per heavy atom. The summed E-state index contributed by atoms with van der Waals surface area (Å²) in [7, 11) is 0. The lowest BCUT2D eigenvalue weighted by atomic mass is 9.97. The Balaban J connectivity index is 1.73. The van der Waals surface area contributed by atoms with Gasteiger partial charge in [-0.25, -0.2) is 4.39 Å². The van der Waals surface area contributed by atoms with E-state index >= 15 is 0 Å². The molecule has 2 rings (SSSR count). The zero-order chi connectivity index (χ0) is 15.2. The highest BCUT2D eigenvalue weighted by molar-refractivity contribution is 5.78. The number of hydrogen-bond acceptors (Lipinski definition) is 3. The second-order valence-corrected chi connectivity index (χ2v) is 5.19. The molecule has 2 N–H and O–H groups in total. The minimum Gasteiger partial charge on any atom is -0.481 e. The summed E-state index contributed by atoms with van der Waals surface area (Å²) in [6.45, 7) is 1.37. The van der Waals surface area contributed by atoms with Crippen LogP contribution in [0.25, 0.3) is 0 Å². The quantitative estimate of drug-likeness (QED) is 0.857. The largest absolute Gasteiger partial charge is 0.481 e. The highest BCUT2D eigenvalue weighted by Crippen LogP contribution is 2.17. The van der Waals surface area contributed by atoms with Gasteiger partial charge in [0.2, 0.25) is 5.91 Å². The molecule has 1 saturated heterocycles. The maximum absolute atomic E-state index is 13.4. The number of piperidine rings is 1. The monoisotopic (exact) mass is 294 g/mol. The molecule has 1 aliphatic heterocycles. The van der Waals surface area contributed by atoms with E-state index in [1.807, 2.05) is 0 Å². The van der Waals surface area contributed by atoms with E-state index in [0.717, 1.165) is 0 Å². The summed E-state index contributed by atoms with van der Waals surface area (Å²) in [4.78, 5) is 24.5. The second kappa shape index (κ2) is 7.17. The lowest BCUT2D eigenvalue weighted by Crippen LogP contribution is -2.44. The van der Waals surface area contributed by atoms with Crippen LogP contribution in [0.1, 0.15) is 18.4 Å².